The lowest BCUT2D eigenvalue weighted by Gasteiger charge is -2.19. The average molecular weight is 487 g/mol. The summed E-state index contributed by atoms with van der Waals surface area (Å²) in [6, 6.07) is 52.7. The highest BCUT2D eigenvalue weighted by molar-refractivity contribution is 6.23. The third kappa shape index (κ3) is 4.15. The normalized spacial score (nSPS) is 10.9. The van der Waals surface area contributed by atoms with Gasteiger partial charge in [-0.1, -0.05) is 147 Å². The largest absolute Gasteiger partial charge is 0.0683 e. The Morgan fingerprint density at radius 3 is 1.13 bits per heavy atom. The first-order valence-electron chi connectivity index (χ1n) is 13.5. The number of fused-ring (bicyclic) bond motifs is 3. The van der Waals surface area contributed by atoms with Crippen molar-refractivity contribution in [2.75, 3.05) is 0 Å². The van der Waals surface area contributed by atoms with Crippen LogP contribution in [0.5, 0.6) is 0 Å². The molecule has 7 aromatic rings. The first-order chi connectivity index (χ1) is 18.9. The summed E-state index contributed by atoms with van der Waals surface area (Å²) in [5.41, 5.74) is 7.57. The third-order valence-electron chi connectivity index (χ3n) is 7.23. The van der Waals surface area contributed by atoms with Crippen LogP contribution >= 0.6 is 0 Å². The maximum Gasteiger partial charge on any atom is -0.00261 e. The molecule has 0 bridgehead atoms. The predicted molar refractivity (Wildman–Crippen MR) is 167 cm³/mol. The number of benzene rings is 7. The van der Waals surface area contributed by atoms with Crippen LogP contribution in [0.15, 0.2) is 146 Å². The first kappa shape index (κ1) is 23.7. The molecule has 0 saturated carbocycles. The lowest BCUT2D eigenvalue weighted by molar-refractivity contribution is 1.50. The van der Waals surface area contributed by atoms with E-state index in [-0.39, 0.29) is 0 Å². The Labute approximate surface area is 224 Å². The zero-order valence-electron chi connectivity index (χ0n) is 21.9. The summed E-state index contributed by atoms with van der Waals surface area (Å²) in [7, 11) is 0. The average Bonchev–Trinajstić information content (AvgIpc) is 3.01. The molecule has 0 nitrogen and oxygen atoms in total. The molecule has 0 amide bonds. The predicted octanol–water partition coefficient (Wildman–Crippen LogP) is 11.2. The Hall–Kier alpha value is -4.68. The molecule has 0 aliphatic rings. The van der Waals surface area contributed by atoms with E-state index in [4.69, 9.17) is 0 Å². The van der Waals surface area contributed by atoms with Crippen molar-refractivity contribution in [2.24, 2.45) is 0 Å². The monoisotopic (exact) mass is 486 g/mol. The van der Waals surface area contributed by atoms with Gasteiger partial charge in [0.15, 0.2) is 0 Å². The molecule has 0 aromatic heterocycles. The van der Waals surface area contributed by atoms with Gasteiger partial charge >= 0.3 is 0 Å². The van der Waals surface area contributed by atoms with Crippen molar-refractivity contribution in [1.29, 1.82) is 0 Å². The molecule has 182 valence electrons. The van der Waals surface area contributed by atoms with Crippen molar-refractivity contribution in [2.45, 2.75) is 13.8 Å². The van der Waals surface area contributed by atoms with E-state index in [0.717, 1.165) is 0 Å². The van der Waals surface area contributed by atoms with Gasteiger partial charge in [-0.3, -0.25) is 0 Å². The highest BCUT2D eigenvalue weighted by atomic mass is 14.2. The van der Waals surface area contributed by atoms with Gasteiger partial charge in [-0.15, -0.1) is 0 Å². The van der Waals surface area contributed by atoms with Crippen LogP contribution in [0.1, 0.15) is 13.8 Å². The van der Waals surface area contributed by atoms with Gasteiger partial charge in [0.1, 0.15) is 0 Å². The van der Waals surface area contributed by atoms with Crippen molar-refractivity contribution in [3.05, 3.63) is 146 Å². The van der Waals surface area contributed by atoms with Gasteiger partial charge in [-0.05, 0) is 77.8 Å². The minimum Gasteiger partial charge on any atom is -0.0683 e. The van der Waals surface area contributed by atoms with Crippen LogP contribution in [0.3, 0.4) is 0 Å². The second kappa shape index (κ2) is 10.4. The van der Waals surface area contributed by atoms with Gasteiger partial charge in [0.2, 0.25) is 0 Å². The lowest BCUT2D eigenvalue weighted by Crippen LogP contribution is -1.91. The van der Waals surface area contributed by atoms with Crippen LogP contribution in [0, 0.1) is 0 Å². The molecular weight excluding hydrogens is 456 g/mol. The Kier molecular flexibility index (Phi) is 6.46. The minimum absolute atomic E-state index is 1.24. The van der Waals surface area contributed by atoms with E-state index < -0.39 is 0 Å². The molecule has 0 fully saturated rings. The van der Waals surface area contributed by atoms with Crippen LogP contribution in [-0.2, 0) is 0 Å². The molecular formula is C38H30. The van der Waals surface area contributed by atoms with E-state index >= 15 is 0 Å². The fraction of sp³-hybridized carbons (Fsp3) is 0.0526. The summed E-state index contributed by atoms with van der Waals surface area (Å²) >= 11 is 0. The summed E-state index contributed by atoms with van der Waals surface area (Å²) in [6.07, 6.45) is 0. The summed E-state index contributed by atoms with van der Waals surface area (Å²) in [4.78, 5) is 0. The van der Waals surface area contributed by atoms with Crippen LogP contribution in [0.25, 0.3) is 65.7 Å². The fourth-order valence-corrected chi connectivity index (χ4v) is 5.55. The number of hydrogen-bond donors (Lipinski definition) is 0. The molecule has 0 N–H and O–H groups in total. The summed E-state index contributed by atoms with van der Waals surface area (Å²) in [5.74, 6) is 0. The maximum atomic E-state index is 2.38. The fourth-order valence-electron chi connectivity index (χ4n) is 5.55. The van der Waals surface area contributed by atoms with E-state index in [9.17, 15) is 0 Å². The summed E-state index contributed by atoms with van der Waals surface area (Å²) in [6.45, 7) is 4.00. The molecule has 0 aliphatic heterocycles. The summed E-state index contributed by atoms with van der Waals surface area (Å²) < 4.78 is 0. The molecule has 7 aromatic carbocycles. The van der Waals surface area contributed by atoms with Crippen molar-refractivity contribution < 1.29 is 0 Å². The molecule has 0 saturated heterocycles. The van der Waals surface area contributed by atoms with Gasteiger partial charge in [0.05, 0.1) is 0 Å². The highest BCUT2D eigenvalue weighted by Crippen LogP contribution is 2.45. The minimum atomic E-state index is 1.24. The Balaban J connectivity index is 0.00000129. The number of rotatable bonds is 3. The van der Waals surface area contributed by atoms with Gasteiger partial charge in [0, 0.05) is 0 Å². The van der Waals surface area contributed by atoms with Crippen LogP contribution in [-0.4, -0.2) is 0 Å². The van der Waals surface area contributed by atoms with Crippen molar-refractivity contribution in [3.63, 3.8) is 0 Å². The van der Waals surface area contributed by atoms with Crippen LogP contribution in [0.2, 0.25) is 0 Å². The Bertz CT molecular complexity index is 1840. The molecule has 0 aliphatic carbocycles. The second-order valence-corrected chi connectivity index (χ2v) is 9.35. The third-order valence-corrected chi connectivity index (χ3v) is 7.23. The molecule has 0 atom stereocenters. The van der Waals surface area contributed by atoms with E-state index in [2.05, 4.69) is 146 Å². The highest BCUT2D eigenvalue weighted by Gasteiger charge is 2.17. The van der Waals surface area contributed by atoms with Crippen LogP contribution < -0.4 is 0 Å². The topological polar surface area (TPSA) is 0 Å². The lowest BCUT2D eigenvalue weighted by atomic mass is 9.84. The van der Waals surface area contributed by atoms with E-state index in [1.54, 1.807) is 0 Å². The first-order valence-corrected chi connectivity index (χ1v) is 13.5. The van der Waals surface area contributed by atoms with E-state index in [0.29, 0.717) is 0 Å². The molecule has 7 rings (SSSR count). The number of hydrogen-bond acceptors (Lipinski definition) is 0. The van der Waals surface area contributed by atoms with E-state index in [1.807, 2.05) is 13.8 Å². The standard InChI is InChI=1S/C36H24.C2H6/c1-3-11-25(12-4-1)26-19-21-28(22-20-26)36-32-18-10-9-17-31(32)35(27-13-5-2-6-14-27)33-23-29-15-7-8-16-30(29)24-34(33)36;1-2/h1-24H;1-2H3. The summed E-state index contributed by atoms with van der Waals surface area (Å²) in [5, 5.41) is 7.68. The Morgan fingerprint density at radius 1 is 0.289 bits per heavy atom. The zero-order chi connectivity index (χ0) is 25.9. The van der Waals surface area contributed by atoms with Crippen molar-refractivity contribution in [3.8, 4) is 33.4 Å². The molecule has 0 spiro atoms. The van der Waals surface area contributed by atoms with Crippen molar-refractivity contribution >= 4 is 32.3 Å². The van der Waals surface area contributed by atoms with Crippen molar-refractivity contribution in [1.82, 2.24) is 0 Å². The zero-order valence-corrected chi connectivity index (χ0v) is 21.9. The van der Waals surface area contributed by atoms with Gasteiger partial charge in [-0.2, -0.15) is 0 Å². The van der Waals surface area contributed by atoms with Gasteiger partial charge in [-0.25, -0.2) is 0 Å². The van der Waals surface area contributed by atoms with E-state index in [1.165, 1.54) is 65.7 Å². The molecule has 0 radical (unpaired) electrons. The quantitative estimate of drug-likeness (QED) is 0.218. The molecule has 0 unspecified atom stereocenters. The SMILES string of the molecule is CC.c1ccc(-c2ccc(-c3c4ccccc4c(-c4ccccc4)c4cc5ccccc5cc34)cc2)cc1. The maximum absolute atomic E-state index is 2.38. The molecule has 0 heterocycles. The van der Waals surface area contributed by atoms with Gasteiger partial charge < -0.3 is 0 Å². The molecule has 38 heavy (non-hydrogen) atoms. The van der Waals surface area contributed by atoms with Gasteiger partial charge in [0.25, 0.3) is 0 Å². The second-order valence-electron chi connectivity index (χ2n) is 9.35. The molecule has 0 heteroatoms. The Morgan fingerprint density at radius 2 is 0.632 bits per heavy atom. The van der Waals surface area contributed by atoms with Crippen LogP contribution in [0.4, 0.5) is 0 Å². The smallest absolute Gasteiger partial charge is 0.00261 e.